The minimum Gasteiger partial charge on any atom is -0.493 e. The zero-order chi connectivity index (χ0) is 14.2. The van der Waals surface area contributed by atoms with E-state index in [-0.39, 0.29) is 0 Å². The molecule has 0 aliphatic carbocycles. The molecule has 0 aliphatic rings. The van der Waals surface area contributed by atoms with Gasteiger partial charge in [0.25, 0.3) is 0 Å². The van der Waals surface area contributed by atoms with Gasteiger partial charge in [-0.05, 0) is 24.6 Å². The molecule has 6 heteroatoms. The van der Waals surface area contributed by atoms with E-state index in [9.17, 15) is 0 Å². The van der Waals surface area contributed by atoms with Gasteiger partial charge in [0.05, 0.1) is 6.61 Å². The first kappa shape index (κ1) is 15.0. The predicted molar refractivity (Wildman–Crippen MR) is 79.6 cm³/mol. The molecule has 1 aromatic carbocycles. The van der Waals surface area contributed by atoms with E-state index in [1.165, 1.54) is 6.39 Å². The van der Waals surface area contributed by atoms with E-state index >= 15 is 0 Å². The summed E-state index contributed by atoms with van der Waals surface area (Å²) in [4.78, 5) is 3.98. The number of rotatable bonds is 8. The zero-order valence-electron chi connectivity index (χ0n) is 11.4. The van der Waals surface area contributed by atoms with Gasteiger partial charge in [-0.2, -0.15) is 4.98 Å². The van der Waals surface area contributed by atoms with Crippen LogP contribution in [-0.2, 0) is 13.0 Å². The van der Waals surface area contributed by atoms with Gasteiger partial charge in [-0.15, -0.1) is 0 Å². The first-order valence-electron chi connectivity index (χ1n) is 6.66. The SMILES string of the molecule is CCCOc1ccc(Br)cc1CNCCc1ncon1. The van der Waals surface area contributed by atoms with Gasteiger partial charge in [0.2, 0.25) is 6.39 Å². The second kappa shape index (κ2) is 8.01. The summed E-state index contributed by atoms with van der Waals surface area (Å²) in [6, 6.07) is 6.07. The highest BCUT2D eigenvalue weighted by atomic mass is 79.9. The van der Waals surface area contributed by atoms with Crippen molar-refractivity contribution in [2.24, 2.45) is 0 Å². The summed E-state index contributed by atoms with van der Waals surface area (Å²) in [6.45, 7) is 4.37. The van der Waals surface area contributed by atoms with Crippen LogP contribution in [0.15, 0.2) is 33.6 Å². The lowest BCUT2D eigenvalue weighted by Gasteiger charge is -2.12. The molecule has 20 heavy (non-hydrogen) atoms. The maximum atomic E-state index is 5.74. The summed E-state index contributed by atoms with van der Waals surface area (Å²) in [5.74, 6) is 1.65. The summed E-state index contributed by atoms with van der Waals surface area (Å²) in [7, 11) is 0. The Kier molecular flexibility index (Phi) is 6.01. The van der Waals surface area contributed by atoms with Gasteiger partial charge in [-0.25, -0.2) is 0 Å². The summed E-state index contributed by atoms with van der Waals surface area (Å²) >= 11 is 3.49. The molecule has 1 aromatic heterocycles. The first-order chi connectivity index (χ1) is 9.79. The maximum absolute atomic E-state index is 5.74. The highest BCUT2D eigenvalue weighted by Gasteiger charge is 2.05. The number of benzene rings is 1. The fourth-order valence-corrected chi connectivity index (χ4v) is 2.17. The molecule has 0 atom stereocenters. The Labute approximate surface area is 126 Å². The van der Waals surface area contributed by atoms with Crippen molar-refractivity contribution in [1.29, 1.82) is 0 Å². The minimum absolute atomic E-state index is 0.717. The second-order valence-electron chi connectivity index (χ2n) is 4.37. The van der Waals surface area contributed by atoms with Crippen LogP contribution in [0.2, 0.25) is 0 Å². The number of hydrogen-bond donors (Lipinski definition) is 1. The largest absolute Gasteiger partial charge is 0.493 e. The first-order valence-corrected chi connectivity index (χ1v) is 7.46. The van der Waals surface area contributed by atoms with Crippen LogP contribution in [0.1, 0.15) is 24.7 Å². The number of nitrogens with one attached hydrogen (secondary N) is 1. The van der Waals surface area contributed by atoms with Crippen LogP contribution in [0.25, 0.3) is 0 Å². The molecule has 2 aromatic rings. The highest BCUT2D eigenvalue weighted by molar-refractivity contribution is 9.10. The number of hydrogen-bond acceptors (Lipinski definition) is 5. The molecule has 0 fully saturated rings. The third kappa shape index (κ3) is 4.61. The Hall–Kier alpha value is -1.40. The number of nitrogens with zero attached hydrogens (tertiary/aromatic N) is 2. The van der Waals surface area contributed by atoms with E-state index in [1.54, 1.807) is 0 Å². The van der Waals surface area contributed by atoms with Gasteiger partial charge in [0, 0.05) is 29.5 Å². The van der Waals surface area contributed by atoms with Crippen LogP contribution in [0.3, 0.4) is 0 Å². The van der Waals surface area contributed by atoms with E-state index in [4.69, 9.17) is 9.26 Å². The van der Waals surface area contributed by atoms with Crippen molar-refractivity contribution < 1.29 is 9.26 Å². The lowest BCUT2D eigenvalue weighted by molar-refractivity contribution is 0.313. The molecule has 0 spiro atoms. The Morgan fingerprint density at radius 2 is 2.30 bits per heavy atom. The minimum atomic E-state index is 0.717. The summed E-state index contributed by atoms with van der Waals surface area (Å²) in [6.07, 6.45) is 3.09. The van der Waals surface area contributed by atoms with E-state index < -0.39 is 0 Å². The molecule has 108 valence electrons. The van der Waals surface area contributed by atoms with Gasteiger partial charge in [-0.1, -0.05) is 28.0 Å². The quantitative estimate of drug-likeness (QED) is 0.749. The topological polar surface area (TPSA) is 60.2 Å². The van der Waals surface area contributed by atoms with Crippen LogP contribution >= 0.6 is 15.9 Å². The third-order valence-corrected chi connectivity index (χ3v) is 3.23. The molecule has 0 aliphatic heterocycles. The van der Waals surface area contributed by atoms with Crippen molar-refractivity contribution >= 4 is 15.9 Å². The van der Waals surface area contributed by atoms with Gasteiger partial charge in [0.1, 0.15) is 5.75 Å². The Morgan fingerprint density at radius 3 is 3.05 bits per heavy atom. The molecule has 0 unspecified atom stereocenters. The van der Waals surface area contributed by atoms with E-state index in [2.05, 4.69) is 44.4 Å². The fourth-order valence-electron chi connectivity index (χ4n) is 1.76. The summed E-state index contributed by atoms with van der Waals surface area (Å²) < 4.78 is 11.5. The van der Waals surface area contributed by atoms with E-state index in [1.807, 2.05) is 12.1 Å². The summed E-state index contributed by atoms with van der Waals surface area (Å²) in [5.41, 5.74) is 1.14. The Balaban J connectivity index is 1.85. The average Bonchev–Trinajstić information content (AvgIpc) is 2.96. The molecular formula is C14H18BrN3O2. The lowest BCUT2D eigenvalue weighted by atomic mass is 10.2. The molecule has 0 radical (unpaired) electrons. The number of ether oxygens (including phenoxy) is 1. The van der Waals surface area contributed by atoms with Crippen LogP contribution in [-0.4, -0.2) is 23.3 Å². The molecule has 0 amide bonds. The van der Waals surface area contributed by atoms with E-state index in [0.29, 0.717) is 5.82 Å². The van der Waals surface area contributed by atoms with Crippen molar-refractivity contribution in [2.45, 2.75) is 26.3 Å². The predicted octanol–water partition coefficient (Wildman–Crippen LogP) is 2.95. The fraction of sp³-hybridized carbons (Fsp3) is 0.429. The molecule has 0 saturated carbocycles. The zero-order valence-corrected chi connectivity index (χ0v) is 13.0. The van der Waals surface area contributed by atoms with Crippen molar-refractivity contribution in [1.82, 2.24) is 15.5 Å². The van der Waals surface area contributed by atoms with Crippen molar-refractivity contribution in [2.75, 3.05) is 13.2 Å². The molecule has 1 heterocycles. The van der Waals surface area contributed by atoms with Crippen molar-refractivity contribution in [3.8, 4) is 5.75 Å². The molecule has 5 nitrogen and oxygen atoms in total. The summed E-state index contributed by atoms with van der Waals surface area (Å²) in [5, 5.41) is 7.14. The van der Waals surface area contributed by atoms with E-state index in [0.717, 1.165) is 48.3 Å². The normalized spacial score (nSPS) is 10.7. The lowest BCUT2D eigenvalue weighted by Crippen LogP contribution is -2.18. The molecule has 1 N–H and O–H groups in total. The highest BCUT2D eigenvalue weighted by Crippen LogP contribution is 2.23. The molecule has 2 rings (SSSR count). The molecule has 0 saturated heterocycles. The van der Waals surface area contributed by atoms with Gasteiger partial charge < -0.3 is 14.6 Å². The van der Waals surface area contributed by atoms with Crippen LogP contribution < -0.4 is 10.1 Å². The Morgan fingerprint density at radius 1 is 1.40 bits per heavy atom. The monoisotopic (exact) mass is 339 g/mol. The number of halogens is 1. The Bertz CT molecular complexity index is 517. The molecular weight excluding hydrogens is 322 g/mol. The van der Waals surface area contributed by atoms with Crippen LogP contribution in [0, 0.1) is 0 Å². The molecule has 0 bridgehead atoms. The van der Waals surface area contributed by atoms with Gasteiger partial charge >= 0.3 is 0 Å². The van der Waals surface area contributed by atoms with Crippen molar-refractivity contribution in [3.05, 3.63) is 40.5 Å². The standard InChI is InChI=1S/C14H18BrN3O2/c1-2-7-19-13-4-3-12(15)8-11(13)9-16-6-5-14-17-10-20-18-14/h3-4,8,10,16H,2,5-7,9H2,1H3. The maximum Gasteiger partial charge on any atom is 0.213 e. The van der Waals surface area contributed by atoms with Crippen LogP contribution in [0.4, 0.5) is 0 Å². The van der Waals surface area contributed by atoms with Gasteiger partial charge in [0.15, 0.2) is 5.82 Å². The number of aromatic nitrogens is 2. The van der Waals surface area contributed by atoms with Crippen molar-refractivity contribution in [3.63, 3.8) is 0 Å². The average molecular weight is 340 g/mol. The third-order valence-electron chi connectivity index (χ3n) is 2.73. The van der Waals surface area contributed by atoms with Crippen LogP contribution in [0.5, 0.6) is 5.75 Å². The smallest absolute Gasteiger partial charge is 0.213 e. The van der Waals surface area contributed by atoms with Gasteiger partial charge in [-0.3, -0.25) is 0 Å². The second-order valence-corrected chi connectivity index (χ2v) is 5.29.